The van der Waals surface area contributed by atoms with Gasteiger partial charge in [-0.1, -0.05) is 19.1 Å². The zero-order valence-electron chi connectivity index (χ0n) is 9.97. The molecule has 4 heteroatoms. The lowest BCUT2D eigenvalue weighted by Crippen LogP contribution is -2.11. The van der Waals surface area contributed by atoms with Crippen molar-refractivity contribution in [2.45, 2.75) is 19.8 Å². The van der Waals surface area contributed by atoms with Crippen LogP contribution >= 0.6 is 0 Å². The lowest BCUT2D eigenvalue weighted by Gasteiger charge is -2.10. The van der Waals surface area contributed by atoms with Crippen molar-refractivity contribution in [2.24, 2.45) is 5.92 Å². The summed E-state index contributed by atoms with van der Waals surface area (Å²) < 4.78 is 5.09. The molecule has 0 spiro atoms. The summed E-state index contributed by atoms with van der Waals surface area (Å²) in [5.41, 5.74) is 0.507. The molecule has 0 bridgehead atoms. The number of carbonyl (C=O) groups is 2. The molecule has 0 radical (unpaired) electrons. The largest absolute Gasteiger partial charge is 0.496 e. The van der Waals surface area contributed by atoms with Crippen LogP contribution in [0.1, 0.15) is 30.1 Å². The summed E-state index contributed by atoms with van der Waals surface area (Å²) in [5.74, 6) is -0.619. The highest BCUT2D eigenvalue weighted by Gasteiger charge is 2.16. The van der Waals surface area contributed by atoms with E-state index in [-0.39, 0.29) is 24.5 Å². The van der Waals surface area contributed by atoms with E-state index in [9.17, 15) is 9.59 Å². The van der Waals surface area contributed by atoms with Gasteiger partial charge in [-0.25, -0.2) is 0 Å². The highest BCUT2D eigenvalue weighted by atomic mass is 16.5. The molecular weight excluding hydrogens is 220 g/mol. The first-order chi connectivity index (χ1) is 8.04. The first kappa shape index (κ1) is 13.2. The number of hydrogen-bond acceptors (Lipinski definition) is 3. The van der Waals surface area contributed by atoms with Gasteiger partial charge in [-0.05, 0) is 18.1 Å². The van der Waals surface area contributed by atoms with Crippen LogP contribution in [0, 0.1) is 5.92 Å². The van der Waals surface area contributed by atoms with Crippen LogP contribution in [0.5, 0.6) is 5.75 Å². The molecule has 4 nitrogen and oxygen atoms in total. The van der Waals surface area contributed by atoms with Crippen molar-refractivity contribution in [3.8, 4) is 5.75 Å². The van der Waals surface area contributed by atoms with Crippen molar-refractivity contribution in [3.63, 3.8) is 0 Å². The van der Waals surface area contributed by atoms with Crippen LogP contribution in [0.15, 0.2) is 24.3 Å². The highest BCUT2D eigenvalue weighted by molar-refractivity contribution is 5.98. The van der Waals surface area contributed by atoms with Crippen LogP contribution in [-0.4, -0.2) is 24.0 Å². The van der Waals surface area contributed by atoms with E-state index in [0.29, 0.717) is 11.3 Å². The lowest BCUT2D eigenvalue weighted by molar-refractivity contribution is -0.137. The average Bonchev–Trinajstić information content (AvgIpc) is 2.27. The summed E-state index contributed by atoms with van der Waals surface area (Å²) in [4.78, 5) is 22.5. The number of ether oxygens (including phenoxy) is 1. The Kier molecular flexibility index (Phi) is 4.69. The minimum atomic E-state index is -0.884. The van der Waals surface area contributed by atoms with Crippen LogP contribution in [-0.2, 0) is 4.79 Å². The van der Waals surface area contributed by atoms with Crippen molar-refractivity contribution in [2.75, 3.05) is 7.11 Å². The molecule has 0 heterocycles. The second kappa shape index (κ2) is 6.03. The molecule has 0 saturated carbocycles. The minimum absolute atomic E-state index is 0.000882. The molecular formula is C13H16O4. The van der Waals surface area contributed by atoms with Crippen LogP contribution in [0.2, 0.25) is 0 Å². The third-order valence-electron chi connectivity index (χ3n) is 2.46. The fourth-order valence-corrected chi connectivity index (χ4v) is 1.67. The minimum Gasteiger partial charge on any atom is -0.496 e. The second-order valence-electron chi connectivity index (χ2n) is 4.03. The van der Waals surface area contributed by atoms with Gasteiger partial charge in [0, 0.05) is 12.8 Å². The number of ketones is 1. The van der Waals surface area contributed by atoms with Crippen molar-refractivity contribution < 1.29 is 19.4 Å². The molecule has 0 aliphatic rings. The van der Waals surface area contributed by atoms with Crippen molar-refractivity contribution in [3.05, 3.63) is 29.8 Å². The van der Waals surface area contributed by atoms with E-state index in [2.05, 4.69) is 0 Å². The van der Waals surface area contributed by atoms with Gasteiger partial charge in [-0.15, -0.1) is 0 Å². The number of methoxy groups -OCH3 is 1. The quantitative estimate of drug-likeness (QED) is 0.770. The Bertz CT molecular complexity index is 412. The normalized spacial score (nSPS) is 11.9. The Morgan fingerprint density at radius 1 is 1.29 bits per heavy atom. The maximum atomic E-state index is 11.9. The number of carboxylic acid groups (broad SMARTS) is 1. The fourth-order valence-electron chi connectivity index (χ4n) is 1.67. The van der Waals surface area contributed by atoms with Gasteiger partial charge < -0.3 is 9.84 Å². The maximum Gasteiger partial charge on any atom is 0.303 e. The molecule has 1 unspecified atom stereocenters. The molecule has 1 aromatic rings. The van der Waals surface area contributed by atoms with Gasteiger partial charge in [-0.2, -0.15) is 0 Å². The lowest BCUT2D eigenvalue weighted by atomic mass is 9.97. The van der Waals surface area contributed by atoms with Gasteiger partial charge in [0.1, 0.15) is 5.75 Å². The van der Waals surface area contributed by atoms with E-state index in [1.807, 2.05) is 0 Å². The number of rotatable bonds is 6. The molecule has 1 N–H and O–H groups in total. The summed E-state index contributed by atoms with van der Waals surface area (Å²) in [5, 5.41) is 8.63. The number of hydrogen-bond donors (Lipinski definition) is 1. The molecule has 1 rings (SSSR count). The first-order valence-electron chi connectivity index (χ1n) is 5.42. The predicted octanol–water partition coefficient (Wildman–Crippen LogP) is 2.38. The molecule has 0 fully saturated rings. The number of aliphatic carboxylic acids is 1. The topological polar surface area (TPSA) is 63.6 Å². The fraction of sp³-hybridized carbons (Fsp3) is 0.385. The summed E-state index contributed by atoms with van der Waals surface area (Å²) in [6, 6.07) is 6.96. The van der Waals surface area contributed by atoms with Gasteiger partial charge in [0.05, 0.1) is 12.7 Å². The number of Topliss-reactive ketones (excluding diaryl/α,β-unsaturated/α-hetero) is 1. The van der Waals surface area contributed by atoms with E-state index in [1.54, 1.807) is 31.2 Å². The number of para-hydroxylation sites is 1. The predicted molar refractivity (Wildman–Crippen MR) is 63.4 cm³/mol. The van der Waals surface area contributed by atoms with Crippen LogP contribution < -0.4 is 4.74 Å². The molecule has 17 heavy (non-hydrogen) atoms. The first-order valence-corrected chi connectivity index (χ1v) is 5.42. The maximum absolute atomic E-state index is 11.9. The number of benzene rings is 1. The Balaban J connectivity index is 2.72. The van der Waals surface area contributed by atoms with E-state index in [1.165, 1.54) is 7.11 Å². The summed E-state index contributed by atoms with van der Waals surface area (Å²) in [6.07, 6.45) is 0.216. The smallest absolute Gasteiger partial charge is 0.303 e. The number of carboxylic acids is 1. The van der Waals surface area contributed by atoms with Crippen LogP contribution in [0.3, 0.4) is 0 Å². The molecule has 0 aliphatic carbocycles. The highest BCUT2D eigenvalue weighted by Crippen LogP contribution is 2.21. The Morgan fingerprint density at radius 2 is 1.94 bits per heavy atom. The average molecular weight is 236 g/mol. The molecule has 92 valence electrons. The third kappa shape index (κ3) is 3.90. The van der Waals surface area contributed by atoms with Crippen molar-refractivity contribution in [1.29, 1.82) is 0 Å². The van der Waals surface area contributed by atoms with Gasteiger partial charge >= 0.3 is 5.97 Å². The second-order valence-corrected chi connectivity index (χ2v) is 4.03. The molecule has 0 saturated heterocycles. The zero-order valence-corrected chi connectivity index (χ0v) is 9.97. The Hall–Kier alpha value is -1.84. The van der Waals surface area contributed by atoms with Crippen LogP contribution in [0.25, 0.3) is 0 Å². The molecule has 1 aromatic carbocycles. The van der Waals surface area contributed by atoms with Crippen LogP contribution in [0.4, 0.5) is 0 Å². The Labute approximate surface area is 100 Å². The van der Waals surface area contributed by atoms with E-state index >= 15 is 0 Å². The molecule has 0 aliphatic heterocycles. The van der Waals surface area contributed by atoms with E-state index in [4.69, 9.17) is 9.84 Å². The summed E-state index contributed by atoms with van der Waals surface area (Å²) in [6.45, 7) is 1.75. The van der Waals surface area contributed by atoms with Crippen molar-refractivity contribution >= 4 is 11.8 Å². The molecule has 0 amide bonds. The molecule has 0 aromatic heterocycles. The molecule has 1 atom stereocenters. The van der Waals surface area contributed by atoms with E-state index in [0.717, 1.165) is 0 Å². The van der Waals surface area contributed by atoms with Crippen molar-refractivity contribution in [1.82, 2.24) is 0 Å². The summed E-state index contributed by atoms with van der Waals surface area (Å²) >= 11 is 0. The van der Waals surface area contributed by atoms with Gasteiger partial charge in [0.15, 0.2) is 5.78 Å². The number of carbonyl (C=O) groups excluding carboxylic acids is 1. The van der Waals surface area contributed by atoms with E-state index < -0.39 is 5.97 Å². The standard InChI is InChI=1S/C13H16O4/c1-9(8-13(15)16)7-11(14)10-5-3-4-6-12(10)17-2/h3-6,9H,7-8H2,1-2H3,(H,15,16). The van der Waals surface area contributed by atoms with Gasteiger partial charge in [0.2, 0.25) is 0 Å². The zero-order chi connectivity index (χ0) is 12.8. The third-order valence-corrected chi connectivity index (χ3v) is 2.46. The Morgan fingerprint density at radius 3 is 2.53 bits per heavy atom. The monoisotopic (exact) mass is 236 g/mol. The van der Waals surface area contributed by atoms with Gasteiger partial charge in [0.25, 0.3) is 0 Å². The SMILES string of the molecule is COc1ccccc1C(=O)CC(C)CC(=O)O. The van der Waals surface area contributed by atoms with Gasteiger partial charge in [-0.3, -0.25) is 9.59 Å². The summed E-state index contributed by atoms with van der Waals surface area (Å²) in [7, 11) is 1.51.